The number of carboxylic acid groups (broad SMARTS) is 1. The van der Waals surface area contributed by atoms with Gasteiger partial charge in [-0.05, 0) is 29.7 Å². The van der Waals surface area contributed by atoms with Gasteiger partial charge in [0.05, 0.1) is 0 Å². The molecule has 1 saturated carbocycles. The summed E-state index contributed by atoms with van der Waals surface area (Å²) in [7, 11) is 0. The number of fused-ring (bicyclic) bond motifs is 1. The molecule has 0 spiro atoms. The van der Waals surface area contributed by atoms with Gasteiger partial charge in [0.1, 0.15) is 4.83 Å². The maximum Gasteiger partial charge on any atom is 0.451 e. The second kappa shape index (κ2) is 3.89. The highest BCUT2D eigenvalue weighted by Crippen LogP contribution is 2.46. The highest BCUT2D eigenvalue weighted by molar-refractivity contribution is 7.17. The lowest BCUT2D eigenvalue weighted by molar-refractivity contribution is -0.144. The predicted molar refractivity (Wildman–Crippen MR) is 61.4 cm³/mol. The van der Waals surface area contributed by atoms with Crippen LogP contribution < -0.4 is 0 Å². The van der Waals surface area contributed by atoms with Crippen molar-refractivity contribution in [1.29, 1.82) is 0 Å². The Hall–Kier alpha value is -1.70. The third-order valence-corrected chi connectivity index (χ3v) is 3.83. The summed E-state index contributed by atoms with van der Waals surface area (Å²) in [6.45, 7) is 0. The SMILES string of the molecule is O=C(O)c1nc(C(F)(F)F)nc2scc(C3CC3)c12. The van der Waals surface area contributed by atoms with Crippen LogP contribution in [0.5, 0.6) is 0 Å². The minimum atomic E-state index is -4.75. The lowest BCUT2D eigenvalue weighted by Crippen LogP contribution is -2.14. The summed E-state index contributed by atoms with van der Waals surface area (Å²) in [6.07, 6.45) is -2.90. The van der Waals surface area contributed by atoms with Crippen molar-refractivity contribution in [2.45, 2.75) is 24.9 Å². The second-order valence-electron chi connectivity index (χ2n) is 4.34. The summed E-state index contributed by atoms with van der Waals surface area (Å²) in [5, 5.41) is 11.0. The van der Waals surface area contributed by atoms with Crippen LogP contribution >= 0.6 is 11.3 Å². The molecule has 1 fully saturated rings. The smallest absolute Gasteiger partial charge is 0.451 e. The van der Waals surface area contributed by atoms with E-state index in [4.69, 9.17) is 5.11 Å². The summed E-state index contributed by atoms with van der Waals surface area (Å²) in [5.41, 5.74) is 0.201. The molecule has 8 heteroatoms. The third-order valence-electron chi connectivity index (χ3n) is 2.94. The van der Waals surface area contributed by atoms with Crippen molar-refractivity contribution in [2.24, 2.45) is 0 Å². The number of carbonyl (C=O) groups is 1. The van der Waals surface area contributed by atoms with Crippen LogP contribution in [0.1, 0.15) is 40.6 Å². The minimum absolute atomic E-state index is 0.0848. The van der Waals surface area contributed by atoms with Gasteiger partial charge in [0, 0.05) is 5.39 Å². The average molecular weight is 288 g/mol. The van der Waals surface area contributed by atoms with E-state index in [1.54, 1.807) is 5.38 Å². The van der Waals surface area contributed by atoms with E-state index in [-0.39, 0.29) is 16.1 Å². The molecule has 0 unspecified atom stereocenters. The molecular weight excluding hydrogens is 281 g/mol. The molecule has 1 aliphatic carbocycles. The number of aromatic nitrogens is 2. The Labute approximate surface area is 108 Å². The fourth-order valence-corrected chi connectivity index (χ4v) is 2.96. The van der Waals surface area contributed by atoms with Gasteiger partial charge >= 0.3 is 12.1 Å². The van der Waals surface area contributed by atoms with Crippen LogP contribution in [0.3, 0.4) is 0 Å². The topological polar surface area (TPSA) is 63.1 Å². The van der Waals surface area contributed by atoms with Gasteiger partial charge < -0.3 is 5.11 Å². The zero-order valence-corrected chi connectivity index (χ0v) is 10.2. The zero-order valence-electron chi connectivity index (χ0n) is 9.36. The van der Waals surface area contributed by atoms with E-state index in [2.05, 4.69) is 9.97 Å². The average Bonchev–Trinajstić information content (AvgIpc) is 3.06. The number of alkyl halides is 3. The maximum atomic E-state index is 12.6. The van der Waals surface area contributed by atoms with Gasteiger partial charge in [0.15, 0.2) is 5.69 Å². The van der Waals surface area contributed by atoms with Crippen LogP contribution in [0.4, 0.5) is 13.2 Å². The Bertz CT molecular complexity index is 676. The number of nitrogens with zero attached hydrogens (tertiary/aromatic N) is 2. The van der Waals surface area contributed by atoms with Crippen LogP contribution in [-0.2, 0) is 6.18 Å². The molecule has 0 saturated heterocycles. The number of aromatic carboxylic acids is 1. The molecule has 0 atom stereocenters. The number of carboxylic acids is 1. The van der Waals surface area contributed by atoms with Gasteiger partial charge in [-0.2, -0.15) is 13.2 Å². The molecule has 0 aromatic carbocycles. The summed E-state index contributed by atoms with van der Waals surface area (Å²) in [5.74, 6) is -2.63. The van der Waals surface area contributed by atoms with Gasteiger partial charge in [0.25, 0.3) is 0 Å². The van der Waals surface area contributed by atoms with Crippen LogP contribution in [0.2, 0.25) is 0 Å². The van der Waals surface area contributed by atoms with Crippen LogP contribution in [-0.4, -0.2) is 21.0 Å². The molecule has 2 heterocycles. The number of thiophene rings is 1. The number of rotatable bonds is 2. The Morgan fingerprint density at radius 1 is 1.37 bits per heavy atom. The fourth-order valence-electron chi connectivity index (χ4n) is 1.94. The van der Waals surface area contributed by atoms with E-state index in [0.29, 0.717) is 0 Å². The second-order valence-corrected chi connectivity index (χ2v) is 5.20. The Morgan fingerprint density at radius 3 is 2.58 bits per heavy atom. The number of hydrogen-bond acceptors (Lipinski definition) is 4. The monoisotopic (exact) mass is 288 g/mol. The van der Waals surface area contributed by atoms with E-state index in [0.717, 1.165) is 29.7 Å². The quantitative estimate of drug-likeness (QED) is 0.921. The zero-order chi connectivity index (χ0) is 13.8. The lowest BCUT2D eigenvalue weighted by atomic mass is 10.1. The normalized spacial score (nSPS) is 15.9. The highest BCUT2D eigenvalue weighted by atomic mass is 32.1. The van der Waals surface area contributed by atoms with Gasteiger partial charge in [-0.15, -0.1) is 11.3 Å². The molecule has 100 valence electrons. The van der Waals surface area contributed by atoms with Gasteiger partial charge in [-0.25, -0.2) is 14.8 Å². The van der Waals surface area contributed by atoms with Crippen molar-refractivity contribution < 1.29 is 23.1 Å². The first-order valence-electron chi connectivity index (χ1n) is 5.47. The summed E-state index contributed by atoms with van der Waals surface area (Å²) >= 11 is 1.03. The first-order chi connectivity index (χ1) is 8.88. The van der Waals surface area contributed by atoms with Crippen molar-refractivity contribution >= 4 is 27.5 Å². The Balaban J connectivity index is 2.29. The van der Waals surface area contributed by atoms with Crippen molar-refractivity contribution in [2.75, 3.05) is 0 Å². The van der Waals surface area contributed by atoms with Gasteiger partial charge in [0.2, 0.25) is 5.82 Å². The molecule has 3 rings (SSSR count). The largest absolute Gasteiger partial charge is 0.476 e. The van der Waals surface area contributed by atoms with Gasteiger partial charge in [-0.1, -0.05) is 0 Å². The molecule has 0 radical (unpaired) electrons. The molecule has 0 aliphatic heterocycles. The predicted octanol–water partition coefficient (Wildman–Crippen LogP) is 3.29. The van der Waals surface area contributed by atoms with Crippen molar-refractivity contribution in [3.05, 3.63) is 22.5 Å². The van der Waals surface area contributed by atoms with E-state index < -0.39 is 23.7 Å². The lowest BCUT2D eigenvalue weighted by Gasteiger charge is -2.07. The van der Waals surface area contributed by atoms with E-state index in [1.165, 1.54) is 0 Å². The first-order valence-corrected chi connectivity index (χ1v) is 6.35. The Kier molecular flexibility index (Phi) is 2.53. The molecule has 2 aromatic heterocycles. The first kappa shape index (κ1) is 12.3. The van der Waals surface area contributed by atoms with Crippen LogP contribution in [0.15, 0.2) is 5.38 Å². The van der Waals surface area contributed by atoms with Gasteiger partial charge in [-0.3, -0.25) is 0 Å². The number of halogens is 3. The number of hydrogen-bond donors (Lipinski definition) is 1. The van der Waals surface area contributed by atoms with Crippen LogP contribution in [0.25, 0.3) is 10.2 Å². The summed E-state index contributed by atoms with van der Waals surface area (Å²) in [4.78, 5) is 17.8. The van der Waals surface area contributed by atoms with E-state index >= 15 is 0 Å². The molecule has 0 bridgehead atoms. The third kappa shape index (κ3) is 2.05. The molecule has 4 nitrogen and oxygen atoms in total. The molecule has 19 heavy (non-hydrogen) atoms. The summed E-state index contributed by atoms with van der Waals surface area (Å²) < 4.78 is 37.9. The molecule has 0 amide bonds. The van der Waals surface area contributed by atoms with E-state index in [9.17, 15) is 18.0 Å². The van der Waals surface area contributed by atoms with Crippen molar-refractivity contribution in [1.82, 2.24) is 9.97 Å². The molecule has 2 aromatic rings. The molecule has 1 N–H and O–H groups in total. The fraction of sp³-hybridized carbons (Fsp3) is 0.364. The van der Waals surface area contributed by atoms with Crippen molar-refractivity contribution in [3.63, 3.8) is 0 Å². The Morgan fingerprint density at radius 2 is 2.05 bits per heavy atom. The van der Waals surface area contributed by atoms with Crippen molar-refractivity contribution in [3.8, 4) is 0 Å². The minimum Gasteiger partial charge on any atom is -0.476 e. The molecular formula is C11H7F3N2O2S. The standard InChI is InChI=1S/C11H7F3N2O2S/c12-11(13,14)10-15-7(9(17)18)6-5(4-1-2-4)3-19-8(6)16-10/h3-4H,1-2H2,(H,17,18). The summed E-state index contributed by atoms with van der Waals surface area (Å²) in [6, 6.07) is 0. The van der Waals surface area contributed by atoms with E-state index in [1.807, 2.05) is 0 Å². The maximum absolute atomic E-state index is 12.6. The molecule has 1 aliphatic rings. The van der Waals surface area contributed by atoms with Crippen LogP contribution in [0, 0.1) is 0 Å². The highest BCUT2D eigenvalue weighted by Gasteiger charge is 2.38.